The molecule has 3 heteroatoms. The normalized spacial score (nSPS) is 24.1. The van der Waals surface area contributed by atoms with Gasteiger partial charge in [-0.05, 0) is 30.4 Å². The third-order valence-electron chi connectivity index (χ3n) is 3.35. The molecule has 1 fully saturated rings. The van der Waals surface area contributed by atoms with Crippen molar-refractivity contribution in [3.63, 3.8) is 0 Å². The lowest BCUT2D eigenvalue weighted by Gasteiger charge is -2.16. The molecule has 1 aromatic rings. The second kappa shape index (κ2) is 6.15. The summed E-state index contributed by atoms with van der Waals surface area (Å²) in [7, 11) is 1.71. The van der Waals surface area contributed by atoms with Gasteiger partial charge in [-0.25, -0.2) is 0 Å². The van der Waals surface area contributed by atoms with Crippen molar-refractivity contribution in [2.45, 2.75) is 44.6 Å². The minimum atomic E-state index is -0.169. The Balaban J connectivity index is 1.87. The van der Waals surface area contributed by atoms with Crippen LogP contribution in [0.25, 0.3) is 0 Å². The predicted molar refractivity (Wildman–Crippen MR) is 67.6 cm³/mol. The average Bonchev–Trinajstić information content (AvgIpc) is 2.73. The summed E-state index contributed by atoms with van der Waals surface area (Å²) in [6, 6.07) is 8.64. The highest BCUT2D eigenvalue weighted by molar-refractivity contribution is 5.23. The molecule has 94 valence electrons. The number of hydrogen-bond donors (Lipinski definition) is 2. The molecule has 1 aliphatic rings. The minimum absolute atomic E-state index is 0.169. The fourth-order valence-corrected chi connectivity index (χ4v) is 2.42. The Bertz CT molecular complexity index is 354. The minimum Gasteiger partial charge on any atom is -0.392 e. The molecule has 0 radical (unpaired) electrons. The maximum Gasteiger partial charge on any atom is 0.0713 e. The Morgan fingerprint density at radius 1 is 1.35 bits per heavy atom. The van der Waals surface area contributed by atoms with Crippen LogP contribution in [0.4, 0.5) is 0 Å². The van der Waals surface area contributed by atoms with Crippen LogP contribution in [0, 0.1) is 0 Å². The second-order valence-electron chi connectivity index (χ2n) is 4.74. The van der Waals surface area contributed by atoms with E-state index in [1.54, 1.807) is 7.11 Å². The fourth-order valence-electron chi connectivity index (χ4n) is 2.42. The number of ether oxygens (including phenoxy) is 1. The number of aliphatic hydroxyl groups excluding tert-OH is 1. The van der Waals surface area contributed by atoms with E-state index >= 15 is 0 Å². The van der Waals surface area contributed by atoms with Crippen LogP contribution >= 0.6 is 0 Å². The van der Waals surface area contributed by atoms with Crippen LogP contribution in [0.5, 0.6) is 0 Å². The van der Waals surface area contributed by atoms with Gasteiger partial charge in [-0.2, -0.15) is 0 Å². The van der Waals surface area contributed by atoms with Gasteiger partial charge in [0.2, 0.25) is 0 Å². The Morgan fingerprint density at radius 3 is 2.88 bits per heavy atom. The highest BCUT2D eigenvalue weighted by Gasteiger charge is 2.24. The molecule has 0 aliphatic heterocycles. The van der Waals surface area contributed by atoms with E-state index < -0.39 is 0 Å². The summed E-state index contributed by atoms with van der Waals surface area (Å²) in [5.74, 6) is 0. The molecule has 17 heavy (non-hydrogen) atoms. The van der Waals surface area contributed by atoms with Gasteiger partial charge in [0, 0.05) is 19.7 Å². The zero-order valence-electron chi connectivity index (χ0n) is 10.4. The van der Waals surface area contributed by atoms with Crippen molar-refractivity contribution in [3.8, 4) is 0 Å². The fraction of sp³-hybridized carbons (Fsp3) is 0.571. The zero-order valence-corrected chi connectivity index (χ0v) is 10.4. The number of rotatable bonds is 5. The quantitative estimate of drug-likeness (QED) is 0.818. The van der Waals surface area contributed by atoms with Crippen LogP contribution in [-0.2, 0) is 17.9 Å². The highest BCUT2D eigenvalue weighted by atomic mass is 16.5. The standard InChI is InChI=1S/C14H21NO2/c1-17-10-12-5-2-4-11(8-12)9-15-13-6-3-7-14(13)16/h2,4-5,8,13-16H,3,6-7,9-10H2,1H3/t13-,14-/m0/s1. The first-order valence-electron chi connectivity index (χ1n) is 6.28. The van der Waals surface area contributed by atoms with Crippen molar-refractivity contribution in [1.82, 2.24) is 5.32 Å². The number of hydrogen-bond acceptors (Lipinski definition) is 3. The summed E-state index contributed by atoms with van der Waals surface area (Å²) in [6.07, 6.45) is 2.97. The molecule has 1 aromatic carbocycles. The third-order valence-corrected chi connectivity index (χ3v) is 3.35. The molecular formula is C14H21NO2. The Morgan fingerprint density at radius 2 is 2.18 bits per heavy atom. The maximum absolute atomic E-state index is 9.72. The number of nitrogens with one attached hydrogen (secondary N) is 1. The first-order valence-corrected chi connectivity index (χ1v) is 6.28. The molecule has 0 amide bonds. The number of methoxy groups -OCH3 is 1. The molecule has 0 bridgehead atoms. The van der Waals surface area contributed by atoms with Crippen molar-refractivity contribution < 1.29 is 9.84 Å². The van der Waals surface area contributed by atoms with Gasteiger partial charge < -0.3 is 15.2 Å². The molecule has 2 atom stereocenters. The first-order chi connectivity index (χ1) is 8.29. The lowest BCUT2D eigenvalue weighted by Crippen LogP contribution is -2.35. The van der Waals surface area contributed by atoms with Gasteiger partial charge in [0.1, 0.15) is 0 Å². The molecule has 0 spiro atoms. The lowest BCUT2D eigenvalue weighted by molar-refractivity contribution is 0.148. The van der Waals surface area contributed by atoms with Crippen LogP contribution in [0.3, 0.4) is 0 Å². The van der Waals surface area contributed by atoms with Gasteiger partial charge in [0.15, 0.2) is 0 Å². The summed E-state index contributed by atoms with van der Waals surface area (Å²) < 4.78 is 5.12. The van der Waals surface area contributed by atoms with Gasteiger partial charge in [-0.15, -0.1) is 0 Å². The van der Waals surface area contributed by atoms with Gasteiger partial charge >= 0.3 is 0 Å². The largest absolute Gasteiger partial charge is 0.392 e. The molecule has 1 aliphatic carbocycles. The van der Waals surface area contributed by atoms with Crippen molar-refractivity contribution in [2.24, 2.45) is 0 Å². The van der Waals surface area contributed by atoms with Gasteiger partial charge in [-0.1, -0.05) is 24.3 Å². The molecule has 2 N–H and O–H groups in total. The monoisotopic (exact) mass is 235 g/mol. The van der Waals surface area contributed by atoms with E-state index in [0.29, 0.717) is 6.61 Å². The SMILES string of the molecule is COCc1cccc(CN[C@H]2CCC[C@@H]2O)c1. The van der Waals surface area contributed by atoms with E-state index in [9.17, 15) is 5.11 Å². The van der Waals surface area contributed by atoms with Crippen molar-refractivity contribution in [2.75, 3.05) is 7.11 Å². The van der Waals surface area contributed by atoms with E-state index in [0.717, 1.165) is 25.8 Å². The molecule has 0 saturated heterocycles. The Labute approximate surface area is 103 Å². The molecule has 0 unspecified atom stereocenters. The Hall–Kier alpha value is -0.900. The smallest absolute Gasteiger partial charge is 0.0713 e. The first kappa shape index (κ1) is 12.6. The third kappa shape index (κ3) is 3.53. The van der Waals surface area contributed by atoms with E-state index in [1.807, 2.05) is 0 Å². The van der Waals surface area contributed by atoms with Crippen LogP contribution < -0.4 is 5.32 Å². The zero-order chi connectivity index (χ0) is 12.1. The van der Waals surface area contributed by atoms with Gasteiger partial charge in [0.05, 0.1) is 12.7 Å². The average molecular weight is 235 g/mol. The number of aliphatic hydroxyl groups is 1. The topological polar surface area (TPSA) is 41.5 Å². The van der Waals surface area contributed by atoms with E-state index in [1.165, 1.54) is 11.1 Å². The van der Waals surface area contributed by atoms with Gasteiger partial charge in [-0.3, -0.25) is 0 Å². The van der Waals surface area contributed by atoms with E-state index in [4.69, 9.17) is 4.74 Å². The molecular weight excluding hydrogens is 214 g/mol. The summed E-state index contributed by atoms with van der Waals surface area (Å²) >= 11 is 0. The Kier molecular flexibility index (Phi) is 4.54. The van der Waals surface area contributed by atoms with E-state index in [-0.39, 0.29) is 12.1 Å². The van der Waals surface area contributed by atoms with E-state index in [2.05, 4.69) is 29.6 Å². The maximum atomic E-state index is 9.72. The molecule has 0 heterocycles. The lowest BCUT2D eigenvalue weighted by atomic mass is 10.1. The predicted octanol–water partition coefficient (Wildman–Crippen LogP) is 1.84. The summed E-state index contributed by atoms with van der Waals surface area (Å²) in [4.78, 5) is 0. The van der Waals surface area contributed by atoms with Crippen LogP contribution in [0.15, 0.2) is 24.3 Å². The molecule has 0 aromatic heterocycles. The van der Waals surface area contributed by atoms with Gasteiger partial charge in [0.25, 0.3) is 0 Å². The summed E-state index contributed by atoms with van der Waals surface area (Å²) in [6.45, 7) is 1.47. The van der Waals surface area contributed by atoms with Crippen molar-refractivity contribution in [3.05, 3.63) is 35.4 Å². The highest BCUT2D eigenvalue weighted by Crippen LogP contribution is 2.19. The second-order valence-corrected chi connectivity index (χ2v) is 4.74. The molecule has 1 saturated carbocycles. The van der Waals surface area contributed by atoms with Crippen molar-refractivity contribution >= 4 is 0 Å². The summed E-state index contributed by atoms with van der Waals surface area (Å²) in [5, 5.41) is 13.1. The number of benzene rings is 1. The van der Waals surface area contributed by atoms with Crippen molar-refractivity contribution in [1.29, 1.82) is 0 Å². The molecule has 3 nitrogen and oxygen atoms in total. The summed E-state index contributed by atoms with van der Waals surface area (Å²) in [5.41, 5.74) is 2.44. The van der Waals surface area contributed by atoms with Crippen LogP contribution in [-0.4, -0.2) is 24.4 Å². The molecule has 2 rings (SSSR count). The van der Waals surface area contributed by atoms with Crippen LogP contribution in [0.1, 0.15) is 30.4 Å². The van der Waals surface area contributed by atoms with Crippen LogP contribution in [0.2, 0.25) is 0 Å².